The van der Waals surface area contributed by atoms with Crippen molar-refractivity contribution in [1.82, 2.24) is 10.2 Å². The zero-order valence-corrected chi connectivity index (χ0v) is 9.18. The predicted molar refractivity (Wildman–Crippen MR) is 56.0 cm³/mol. The van der Waals surface area contributed by atoms with Gasteiger partial charge in [0.1, 0.15) is 0 Å². The van der Waals surface area contributed by atoms with E-state index < -0.39 is 0 Å². The predicted octanol–water partition coefficient (Wildman–Crippen LogP) is 0.997. The van der Waals surface area contributed by atoms with Crippen LogP contribution in [0.15, 0.2) is 0 Å². The number of rotatable bonds is 1. The van der Waals surface area contributed by atoms with Gasteiger partial charge in [-0.2, -0.15) is 0 Å². The Morgan fingerprint density at radius 2 is 2.14 bits per heavy atom. The minimum atomic E-state index is -0.00380. The van der Waals surface area contributed by atoms with Crippen LogP contribution in [0.4, 0.5) is 0 Å². The molecule has 0 aromatic rings. The highest BCUT2D eigenvalue weighted by Gasteiger charge is 2.39. The van der Waals surface area contributed by atoms with Crippen LogP contribution in [0.25, 0.3) is 0 Å². The number of nitrogens with one attached hydrogen (secondary N) is 1. The maximum Gasteiger partial charge on any atom is 0.226 e. The molecule has 14 heavy (non-hydrogen) atoms. The van der Waals surface area contributed by atoms with Crippen LogP contribution in [0, 0.1) is 5.92 Å². The van der Waals surface area contributed by atoms with E-state index in [4.69, 9.17) is 0 Å². The van der Waals surface area contributed by atoms with Gasteiger partial charge in [-0.1, -0.05) is 0 Å². The second-order valence-electron chi connectivity index (χ2n) is 5.11. The lowest BCUT2D eigenvalue weighted by molar-refractivity contribution is -0.137. The van der Waals surface area contributed by atoms with Crippen molar-refractivity contribution < 1.29 is 4.79 Å². The highest BCUT2D eigenvalue weighted by Crippen LogP contribution is 2.33. The molecule has 1 saturated heterocycles. The van der Waals surface area contributed by atoms with E-state index in [0.29, 0.717) is 11.8 Å². The SMILES string of the molecule is CC1(C)CNCCCN1C(=O)C1CC1. The van der Waals surface area contributed by atoms with Gasteiger partial charge in [-0.3, -0.25) is 4.79 Å². The first-order chi connectivity index (χ1) is 6.61. The molecule has 1 amide bonds. The van der Waals surface area contributed by atoms with Crippen molar-refractivity contribution in [2.45, 2.75) is 38.6 Å². The Balaban J connectivity index is 2.08. The molecule has 1 saturated carbocycles. The van der Waals surface area contributed by atoms with Gasteiger partial charge in [0.2, 0.25) is 5.91 Å². The fourth-order valence-corrected chi connectivity index (χ4v) is 2.11. The summed E-state index contributed by atoms with van der Waals surface area (Å²) in [7, 11) is 0. The summed E-state index contributed by atoms with van der Waals surface area (Å²) in [5.74, 6) is 0.742. The smallest absolute Gasteiger partial charge is 0.226 e. The van der Waals surface area contributed by atoms with Gasteiger partial charge < -0.3 is 10.2 Å². The fraction of sp³-hybridized carbons (Fsp3) is 0.909. The summed E-state index contributed by atoms with van der Waals surface area (Å²) in [4.78, 5) is 14.1. The summed E-state index contributed by atoms with van der Waals surface area (Å²) in [6.45, 7) is 7.20. The van der Waals surface area contributed by atoms with Crippen molar-refractivity contribution >= 4 is 5.91 Å². The second kappa shape index (κ2) is 3.54. The van der Waals surface area contributed by atoms with Crippen LogP contribution in [0.3, 0.4) is 0 Å². The third kappa shape index (κ3) is 1.92. The fourth-order valence-electron chi connectivity index (χ4n) is 2.11. The molecule has 3 heteroatoms. The molecule has 3 nitrogen and oxygen atoms in total. The van der Waals surface area contributed by atoms with Crippen LogP contribution in [0.5, 0.6) is 0 Å². The molecular weight excluding hydrogens is 176 g/mol. The maximum atomic E-state index is 12.0. The topological polar surface area (TPSA) is 32.3 Å². The van der Waals surface area contributed by atoms with E-state index in [2.05, 4.69) is 24.1 Å². The van der Waals surface area contributed by atoms with Gasteiger partial charge in [0.05, 0.1) is 0 Å². The van der Waals surface area contributed by atoms with E-state index in [9.17, 15) is 4.79 Å². The van der Waals surface area contributed by atoms with Crippen molar-refractivity contribution in [3.63, 3.8) is 0 Å². The van der Waals surface area contributed by atoms with E-state index >= 15 is 0 Å². The molecule has 1 aliphatic heterocycles. The number of amides is 1. The van der Waals surface area contributed by atoms with E-state index in [-0.39, 0.29) is 5.54 Å². The summed E-state index contributed by atoms with van der Waals surface area (Å²) >= 11 is 0. The molecule has 0 spiro atoms. The van der Waals surface area contributed by atoms with Gasteiger partial charge in [-0.05, 0) is 39.7 Å². The first-order valence-corrected chi connectivity index (χ1v) is 5.63. The van der Waals surface area contributed by atoms with Gasteiger partial charge in [-0.25, -0.2) is 0 Å². The second-order valence-corrected chi connectivity index (χ2v) is 5.11. The van der Waals surface area contributed by atoms with E-state index in [1.54, 1.807) is 0 Å². The molecular formula is C11H20N2O. The molecule has 0 aromatic carbocycles. The first kappa shape index (κ1) is 9.97. The monoisotopic (exact) mass is 196 g/mol. The Hall–Kier alpha value is -0.570. The van der Waals surface area contributed by atoms with E-state index in [1.807, 2.05) is 0 Å². The molecule has 1 aliphatic carbocycles. The summed E-state index contributed by atoms with van der Waals surface area (Å²) in [6, 6.07) is 0. The molecule has 2 fully saturated rings. The van der Waals surface area contributed by atoms with Crippen molar-refractivity contribution in [2.24, 2.45) is 5.92 Å². The Morgan fingerprint density at radius 1 is 1.43 bits per heavy atom. The number of hydrogen-bond acceptors (Lipinski definition) is 2. The zero-order chi connectivity index (χ0) is 10.2. The lowest BCUT2D eigenvalue weighted by Crippen LogP contribution is -2.52. The van der Waals surface area contributed by atoms with Crippen molar-refractivity contribution in [3.8, 4) is 0 Å². The molecule has 2 aliphatic rings. The Bertz CT molecular complexity index is 233. The zero-order valence-electron chi connectivity index (χ0n) is 9.18. The molecule has 1 heterocycles. The third-order valence-electron chi connectivity index (χ3n) is 3.22. The number of nitrogens with zero attached hydrogens (tertiary/aromatic N) is 1. The third-order valence-corrected chi connectivity index (χ3v) is 3.22. The van der Waals surface area contributed by atoms with Crippen LogP contribution in [-0.2, 0) is 4.79 Å². The summed E-state index contributed by atoms with van der Waals surface area (Å²) in [5.41, 5.74) is -0.00380. The van der Waals surface area contributed by atoms with Crippen molar-refractivity contribution in [2.75, 3.05) is 19.6 Å². The summed E-state index contributed by atoms with van der Waals surface area (Å²) < 4.78 is 0. The molecule has 0 atom stereocenters. The number of carbonyl (C=O) groups is 1. The van der Waals surface area contributed by atoms with E-state index in [0.717, 1.165) is 38.9 Å². The Labute approximate surface area is 85.8 Å². The summed E-state index contributed by atoms with van der Waals surface area (Å²) in [6.07, 6.45) is 3.31. The average molecular weight is 196 g/mol. The first-order valence-electron chi connectivity index (χ1n) is 5.63. The minimum Gasteiger partial charge on any atom is -0.336 e. The van der Waals surface area contributed by atoms with Gasteiger partial charge >= 0.3 is 0 Å². The molecule has 0 unspecified atom stereocenters. The maximum absolute atomic E-state index is 12.0. The summed E-state index contributed by atoms with van der Waals surface area (Å²) in [5, 5.41) is 3.39. The standard InChI is InChI=1S/C11H20N2O/c1-11(2)8-12-6-3-7-13(11)10(14)9-4-5-9/h9,12H,3-8H2,1-2H3. The van der Waals surface area contributed by atoms with Crippen LogP contribution in [0.1, 0.15) is 33.1 Å². The van der Waals surface area contributed by atoms with Crippen LogP contribution >= 0.6 is 0 Å². The Morgan fingerprint density at radius 3 is 2.79 bits per heavy atom. The van der Waals surface area contributed by atoms with Gasteiger partial charge in [0.15, 0.2) is 0 Å². The number of carbonyl (C=O) groups excluding carboxylic acids is 1. The van der Waals surface area contributed by atoms with Crippen molar-refractivity contribution in [3.05, 3.63) is 0 Å². The average Bonchev–Trinajstić information content (AvgIpc) is 2.90. The lowest BCUT2D eigenvalue weighted by Gasteiger charge is -2.37. The molecule has 2 rings (SSSR count). The largest absolute Gasteiger partial charge is 0.336 e. The molecule has 80 valence electrons. The molecule has 0 radical (unpaired) electrons. The van der Waals surface area contributed by atoms with E-state index in [1.165, 1.54) is 0 Å². The van der Waals surface area contributed by atoms with Gasteiger partial charge in [0.25, 0.3) is 0 Å². The van der Waals surface area contributed by atoms with Crippen LogP contribution < -0.4 is 5.32 Å². The van der Waals surface area contributed by atoms with Crippen LogP contribution in [0.2, 0.25) is 0 Å². The Kier molecular flexibility index (Phi) is 2.52. The quantitative estimate of drug-likeness (QED) is 0.678. The lowest BCUT2D eigenvalue weighted by atomic mass is 10.0. The molecule has 0 aromatic heterocycles. The molecule has 0 bridgehead atoms. The molecule has 1 N–H and O–H groups in total. The minimum absolute atomic E-state index is 0.00380. The highest BCUT2D eigenvalue weighted by atomic mass is 16.2. The van der Waals surface area contributed by atoms with Crippen LogP contribution in [-0.4, -0.2) is 36.0 Å². The highest BCUT2D eigenvalue weighted by molar-refractivity contribution is 5.81. The van der Waals surface area contributed by atoms with Crippen molar-refractivity contribution in [1.29, 1.82) is 0 Å². The van der Waals surface area contributed by atoms with Gasteiger partial charge in [0, 0.05) is 24.5 Å². The van der Waals surface area contributed by atoms with Gasteiger partial charge in [-0.15, -0.1) is 0 Å². The number of hydrogen-bond donors (Lipinski definition) is 1. The normalized spacial score (nSPS) is 27.1.